The van der Waals surface area contributed by atoms with Crippen molar-refractivity contribution in [2.45, 2.75) is 64.8 Å². The minimum absolute atomic E-state index is 0.544. The lowest BCUT2D eigenvalue weighted by Crippen LogP contribution is -2.50. The van der Waals surface area contributed by atoms with Gasteiger partial charge in [0.25, 0.3) is 0 Å². The Bertz CT molecular complexity index is 328. The van der Waals surface area contributed by atoms with Crippen molar-refractivity contribution in [1.82, 2.24) is 9.80 Å². The van der Waals surface area contributed by atoms with Crippen LogP contribution in [0.25, 0.3) is 0 Å². The van der Waals surface area contributed by atoms with E-state index in [0.29, 0.717) is 0 Å². The third-order valence-electron chi connectivity index (χ3n) is 5.80. The molecule has 21 heavy (non-hydrogen) atoms. The third-order valence-corrected chi connectivity index (χ3v) is 5.80. The van der Waals surface area contributed by atoms with Gasteiger partial charge in [0.1, 0.15) is 0 Å². The van der Waals surface area contributed by atoms with Crippen LogP contribution < -0.4 is 0 Å². The second-order valence-electron chi connectivity index (χ2n) is 6.90. The van der Waals surface area contributed by atoms with E-state index < -0.39 is 11.4 Å². The van der Waals surface area contributed by atoms with Gasteiger partial charge in [-0.15, -0.1) is 0 Å². The van der Waals surface area contributed by atoms with Crippen LogP contribution in [0.2, 0.25) is 0 Å². The minimum Gasteiger partial charge on any atom is -0.481 e. The van der Waals surface area contributed by atoms with Gasteiger partial charge in [0.15, 0.2) is 0 Å². The van der Waals surface area contributed by atoms with E-state index in [1.54, 1.807) is 0 Å². The number of piperidine rings is 2. The molecule has 2 saturated heterocycles. The van der Waals surface area contributed by atoms with Gasteiger partial charge in [0, 0.05) is 12.6 Å². The first-order valence-corrected chi connectivity index (χ1v) is 8.81. The van der Waals surface area contributed by atoms with Crippen molar-refractivity contribution in [2.24, 2.45) is 5.41 Å². The molecule has 2 heterocycles. The van der Waals surface area contributed by atoms with E-state index in [0.717, 1.165) is 38.5 Å². The summed E-state index contributed by atoms with van der Waals surface area (Å²) in [6.07, 6.45) is 7.98. The zero-order chi connectivity index (χ0) is 15.3. The fourth-order valence-corrected chi connectivity index (χ4v) is 4.00. The SMILES string of the molecule is CCC(CC)(CN1CCC(N2CCCCC2)CC1)C(=O)O. The van der Waals surface area contributed by atoms with Crippen molar-refractivity contribution in [3.05, 3.63) is 0 Å². The normalized spacial score (nSPS) is 23.3. The Morgan fingerprint density at radius 2 is 1.62 bits per heavy atom. The van der Waals surface area contributed by atoms with Crippen LogP contribution in [0, 0.1) is 5.41 Å². The highest BCUT2D eigenvalue weighted by Crippen LogP contribution is 2.30. The second-order valence-corrected chi connectivity index (χ2v) is 6.90. The molecule has 0 amide bonds. The second kappa shape index (κ2) is 7.59. The summed E-state index contributed by atoms with van der Waals surface area (Å²) in [5.74, 6) is -0.620. The third kappa shape index (κ3) is 3.98. The van der Waals surface area contributed by atoms with Gasteiger partial charge in [0.05, 0.1) is 5.41 Å². The van der Waals surface area contributed by atoms with Gasteiger partial charge in [0.2, 0.25) is 0 Å². The van der Waals surface area contributed by atoms with Crippen LogP contribution in [0.1, 0.15) is 58.8 Å². The number of hydrogen-bond acceptors (Lipinski definition) is 3. The average molecular weight is 296 g/mol. The number of carboxylic acid groups (broad SMARTS) is 1. The number of rotatable bonds is 6. The standard InChI is InChI=1S/C17H32N2O2/c1-3-17(4-2,16(20)21)14-18-12-8-15(9-13-18)19-10-6-5-7-11-19/h15H,3-14H2,1-2H3,(H,20,21). The molecule has 0 aliphatic carbocycles. The van der Waals surface area contributed by atoms with Gasteiger partial charge in [-0.3, -0.25) is 4.79 Å². The zero-order valence-corrected chi connectivity index (χ0v) is 13.8. The molecule has 1 N–H and O–H groups in total. The summed E-state index contributed by atoms with van der Waals surface area (Å²) >= 11 is 0. The van der Waals surface area contributed by atoms with Crippen molar-refractivity contribution >= 4 is 5.97 Å². The molecule has 122 valence electrons. The lowest BCUT2D eigenvalue weighted by Gasteiger charge is -2.42. The fraction of sp³-hybridized carbons (Fsp3) is 0.941. The molecule has 4 heteroatoms. The van der Waals surface area contributed by atoms with Crippen LogP contribution in [-0.2, 0) is 4.79 Å². The number of likely N-dealkylation sites (tertiary alicyclic amines) is 2. The monoisotopic (exact) mass is 296 g/mol. The highest BCUT2D eigenvalue weighted by molar-refractivity contribution is 5.74. The lowest BCUT2D eigenvalue weighted by atomic mass is 9.81. The van der Waals surface area contributed by atoms with Gasteiger partial charge in [-0.1, -0.05) is 20.3 Å². The molecule has 0 aromatic carbocycles. The van der Waals surface area contributed by atoms with Crippen LogP contribution >= 0.6 is 0 Å². The predicted molar refractivity (Wildman–Crippen MR) is 85.5 cm³/mol. The maximum Gasteiger partial charge on any atom is 0.310 e. The molecule has 0 spiro atoms. The number of carbonyl (C=O) groups is 1. The van der Waals surface area contributed by atoms with Crippen LogP contribution in [0.5, 0.6) is 0 Å². The molecular weight excluding hydrogens is 264 g/mol. The van der Waals surface area contributed by atoms with Crippen LogP contribution in [0.15, 0.2) is 0 Å². The Kier molecular flexibility index (Phi) is 6.06. The predicted octanol–water partition coefficient (Wildman–Crippen LogP) is 2.83. The summed E-state index contributed by atoms with van der Waals surface area (Å²) in [6, 6.07) is 0.740. The molecule has 0 unspecified atom stereocenters. The van der Waals surface area contributed by atoms with Crippen molar-refractivity contribution < 1.29 is 9.90 Å². The van der Waals surface area contributed by atoms with E-state index in [9.17, 15) is 9.90 Å². The van der Waals surface area contributed by atoms with E-state index in [1.165, 1.54) is 45.2 Å². The van der Waals surface area contributed by atoms with Crippen molar-refractivity contribution in [3.8, 4) is 0 Å². The van der Waals surface area contributed by atoms with Gasteiger partial charge in [-0.2, -0.15) is 0 Å². The van der Waals surface area contributed by atoms with Crippen molar-refractivity contribution in [3.63, 3.8) is 0 Å². The Morgan fingerprint density at radius 1 is 1.05 bits per heavy atom. The van der Waals surface area contributed by atoms with Crippen LogP contribution in [-0.4, -0.2) is 59.6 Å². The highest BCUT2D eigenvalue weighted by Gasteiger charge is 2.37. The van der Waals surface area contributed by atoms with Crippen molar-refractivity contribution in [2.75, 3.05) is 32.7 Å². The Labute approximate surface area is 129 Å². The first kappa shape index (κ1) is 16.8. The first-order valence-electron chi connectivity index (χ1n) is 8.81. The molecule has 0 bridgehead atoms. The van der Waals surface area contributed by atoms with E-state index in [-0.39, 0.29) is 0 Å². The Hall–Kier alpha value is -0.610. The molecule has 2 aliphatic heterocycles. The Morgan fingerprint density at radius 3 is 2.10 bits per heavy atom. The smallest absolute Gasteiger partial charge is 0.310 e. The average Bonchev–Trinajstić information content (AvgIpc) is 2.54. The number of nitrogens with zero attached hydrogens (tertiary/aromatic N) is 2. The molecule has 0 atom stereocenters. The molecular formula is C17H32N2O2. The number of carboxylic acids is 1. The number of aliphatic carboxylic acids is 1. The summed E-state index contributed by atoms with van der Waals surface area (Å²) in [7, 11) is 0. The van der Waals surface area contributed by atoms with E-state index in [1.807, 2.05) is 13.8 Å². The van der Waals surface area contributed by atoms with Gasteiger partial charge >= 0.3 is 5.97 Å². The molecule has 0 aromatic rings. The zero-order valence-electron chi connectivity index (χ0n) is 13.8. The van der Waals surface area contributed by atoms with Gasteiger partial charge in [-0.25, -0.2) is 0 Å². The molecule has 4 nitrogen and oxygen atoms in total. The molecule has 2 aliphatic rings. The summed E-state index contributed by atoms with van der Waals surface area (Å²) in [6.45, 7) is 9.42. The molecule has 2 fully saturated rings. The number of hydrogen-bond donors (Lipinski definition) is 1. The highest BCUT2D eigenvalue weighted by atomic mass is 16.4. The fourth-order valence-electron chi connectivity index (χ4n) is 4.00. The van der Waals surface area contributed by atoms with Crippen LogP contribution in [0.4, 0.5) is 0 Å². The van der Waals surface area contributed by atoms with E-state index in [4.69, 9.17) is 0 Å². The molecule has 2 rings (SSSR count). The summed E-state index contributed by atoms with van der Waals surface area (Å²) < 4.78 is 0. The van der Waals surface area contributed by atoms with Crippen molar-refractivity contribution in [1.29, 1.82) is 0 Å². The topological polar surface area (TPSA) is 43.8 Å². The largest absolute Gasteiger partial charge is 0.481 e. The van der Waals surface area contributed by atoms with Crippen LogP contribution in [0.3, 0.4) is 0 Å². The maximum absolute atomic E-state index is 11.6. The quantitative estimate of drug-likeness (QED) is 0.818. The van der Waals surface area contributed by atoms with E-state index >= 15 is 0 Å². The lowest BCUT2D eigenvalue weighted by molar-refractivity contribution is -0.151. The Balaban J connectivity index is 1.84. The maximum atomic E-state index is 11.6. The summed E-state index contributed by atoms with van der Waals surface area (Å²) in [5.41, 5.74) is -0.544. The summed E-state index contributed by atoms with van der Waals surface area (Å²) in [4.78, 5) is 16.7. The molecule has 0 aromatic heterocycles. The van der Waals surface area contributed by atoms with Gasteiger partial charge < -0.3 is 14.9 Å². The molecule has 0 radical (unpaired) electrons. The molecule has 0 saturated carbocycles. The van der Waals surface area contributed by atoms with Gasteiger partial charge in [-0.05, 0) is 64.7 Å². The first-order chi connectivity index (χ1) is 10.1. The minimum atomic E-state index is -0.620. The summed E-state index contributed by atoms with van der Waals surface area (Å²) in [5, 5.41) is 9.58. The van der Waals surface area contributed by atoms with E-state index in [2.05, 4.69) is 9.80 Å².